The van der Waals surface area contributed by atoms with E-state index in [1.165, 1.54) is 6.08 Å². The summed E-state index contributed by atoms with van der Waals surface area (Å²) in [6, 6.07) is 15.3. The van der Waals surface area contributed by atoms with E-state index in [9.17, 15) is 4.79 Å². The first-order valence-electron chi connectivity index (χ1n) is 7.59. The zero-order valence-electron chi connectivity index (χ0n) is 13.3. The maximum atomic E-state index is 10.9. The molecule has 2 aromatic carbocycles. The van der Waals surface area contributed by atoms with Crippen LogP contribution in [0.2, 0.25) is 5.02 Å². The van der Waals surface area contributed by atoms with Crippen molar-refractivity contribution in [2.24, 2.45) is 0 Å². The van der Waals surface area contributed by atoms with Crippen LogP contribution in [0.25, 0.3) is 5.76 Å². The van der Waals surface area contributed by atoms with Gasteiger partial charge in [0.2, 0.25) is 0 Å². The number of anilines is 1. The van der Waals surface area contributed by atoms with Crippen molar-refractivity contribution in [3.05, 3.63) is 93.8 Å². The van der Waals surface area contributed by atoms with E-state index in [1.807, 2.05) is 53.4 Å². The normalized spacial score (nSPS) is 14.8. The number of allylic oxidation sites excluding steroid dienone is 2. The summed E-state index contributed by atoms with van der Waals surface area (Å²) < 4.78 is 6.91. The van der Waals surface area contributed by atoms with E-state index in [2.05, 4.69) is 22.5 Å². The van der Waals surface area contributed by atoms with Gasteiger partial charge in [0.1, 0.15) is 12.0 Å². The van der Waals surface area contributed by atoms with Crippen molar-refractivity contribution in [1.29, 1.82) is 0 Å². The van der Waals surface area contributed by atoms with E-state index in [-0.39, 0.29) is 0 Å². The largest absolute Gasteiger partial charge is 0.458 e. The van der Waals surface area contributed by atoms with Crippen molar-refractivity contribution in [3.63, 3.8) is 0 Å². The molecule has 0 amide bonds. The van der Waals surface area contributed by atoms with Gasteiger partial charge in [0.15, 0.2) is 5.76 Å². The highest BCUT2D eigenvalue weighted by Gasteiger charge is 2.24. The topological polar surface area (TPSA) is 29.5 Å². The van der Waals surface area contributed by atoms with Crippen molar-refractivity contribution < 1.29 is 9.53 Å². The van der Waals surface area contributed by atoms with Crippen LogP contribution in [0.1, 0.15) is 5.56 Å². The monoisotopic (exact) mass is 415 g/mol. The van der Waals surface area contributed by atoms with Crippen molar-refractivity contribution in [2.45, 2.75) is 0 Å². The summed E-state index contributed by atoms with van der Waals surface area (Å²) in [4.78, 5) is 12.9. The predicted octanol–water partition coefficient (Wildman–Crippen LogP) is 5.58. The molecule has 126 valence electrons. The zero-order valence-corrected chi connectivity index (χ0v) is 15.6. The van der Waals surface area contributed by atoms with E-state index < -0.39 is 0 Å². The standard InChI is InChI=1S/C20H15BrClNO2/c1-14-13-23(18-5-2-4-17(22)12-18)19(6-3-11-24)20(25-14)15-7-9-16(21)10-8-15/h2-12H,1,13H2/b6-3+. The summed E-state index contributed by atoms with van der Waals surface area (Å²) in [5, 5.41) is 0.638. The molecule has 0 spiro atoms. The third kappa shape index (κ3) is 4.03. The van der Waals surface area contributed by atoms with Crippen LogP contribution >= 0.6 is 27.5 Å². The average molecular weight is 417 g/mol. The Hall–Kier alpha value is -2.30. The van der Waals surface area contributed by atoms with Gasteiger partial charge < -0.3 is 9.64 Å². The maximum absolute atomic E-state index is 10.9. The zero-order chi connectivity index (χ0) is 17.8. The van der Waals surface area contributed by atoms with Gasteiger partial charge in [0.25, 0.3) is 0 Å². The molecule has 0 bridgehead atoms. The number of aldehydes is 1. The molecule has 0 saturated heterocycles. The van der Waals surface area contributed by atoms with E-state index in [1.54, 1.807) is 6.08 Å². The fourth-order valence-corrected chi connectivity index (χ4v) is 3.04. The minimum Gasteiger partial charge on any atom is -0.458 e. The predicted molar refractivity (Wildman–Crippen MR) is 105 cm³/mol. The van der Waals surface area contributed by atoms with Crippen molar-refractivity contribution in [3.8, 4) is 0 Å². The van der Waals surface area contributed by atoms with Gasteiger partial charge in [-0.15, -0.1) is 0 Å². The summed E-state index contributed by atoms with van der Waals surface area (Å²) in [6.07, 6.45) is 3.92. The van der Waals surface area contributed by atoms with Crippen LogP contribution in [-0.4, -0.2) is 12.8 Å². The van der Waals surface area contributed by atoms with E-state index in [4.69, 9.17) is 16.3 Å². The summed E-state index contributed by atoms with van der Waals surface area (Å²) in [5.74, 6) is 1.25. The molecule has 3 nitrogen and oxygen atoms in total. The second-order valence-electron chi connectivity index (χ2n) is 5.42. The van der Waals surface area contributed by atoms with Crippen LogP contribution in [0, 0.1) is 0 Å². The molecule has 0 unspecified atom stereocenters. The first kappa shape index (κ1) is 17.5. The molecular formula is C20H15BrClNO2. The van der Waals surface area contributed by atoms with Crippen molar-refractivity contribution in [1.82, 2.24) is 0 Å². The summed E-state index contributed by atoms with van der Waals surface area (Å²) >= 11 is 9.58. The summed E-state index contributed by atoms with van der Waals surface area (Å²) in [5.41, 5.74) is 2.56. The number of hydrogen-bond acceptors (Lipinski definition) is 3. The summed E-state index contributed by atoms with van der Waals surface area (Å²) in [7, 11) is 0. The van der Waals surface area contributed by atoms with Gasteiger partial charge in [0.05, 0.1) is 12.2 Å². The maximum Gasteiger partial charge on any atom is 0.157 e. The van der Waals surface area contributed by atoms with E-state index >= 15 is 0 Å². The molecule has 0 aliphatic carbocycles. The molecule has 25 heavy (non-hydrogen) atoms. The van der Waals surface area contributed by atoms with Crippen molar-refractivity contribution >= 4 is 45.3 Å². The highest BCUT2D eigenvalue weighted by atomic mass is 79.9. The third-order valence-corrected chi connectivity index (χ3v) is 4.43. The summed E-state index contributed by atoms with van der Waals surface area (Å²) in [6.45, 7) is 4.46. The molecule has 1 aliphatic rings. The molecule has 0 N–H and O–H groups in total. The minimum atomic E-state index is 0.471. The molecule has 1 heterocycles. The lowest BCUT2D eigenvalue weighted by molar-refractivity contribution is -0.104. The second-order valence-corrected chi connectivity index (χ2v) is 6.78. The van der Waals surface area contributed by atoms with Crippen LogP contribution in [0.3, 0.4) is 0 Å². The number of carbonyl (C=O) groups excluding carboxylic acids is 1. The minimum absolute atomic E-state index is 0.471. The Labute approximate surface area is 160 Å². The Morgan fingerprint density at radius 3 is 2.64 bits per heavy atom. The molecule has 0 saturated carbocycles. The molecule has 0 radical (unpaired) electrons. The highest BCUT2D eigenvalue weighted by molar-refractivity contribution is 9.10. The molecule has 1 aliphatic heterocycles. The molecule has 0 aromatic heterocycles. The number of halogens is 2. The van der Waals surface area contributed by atoms with Crippen LogP contribution in [0.5, 0.6) is 0 Å². The molecule has 2 aromatic rings. The highest BCUT2D eigenvalue weighted by Crippen LogP contribution is 2.35. The third-order valence-electron chi connectivity index (χ3n) is 3.66. The Balaban J connectivity index is 2.17. The molecule has 5 heteroatoms. The average Bonchev–Trinajstić information content (AvgIpc) is 2.60. The quantitative estimate of drug-likeness (QED) is 0.481. The van der Waals surface area contributed by atoms with Gasteiger partial charge in [0, 0.05) is 20.7 Å². The fraction of sp³-hybridized carbons (Fsp3) is 0.0500. The first-order valence-corrected chi connectivity index (χ1v) is 8.76. The van der Waals surface area contributed by atoms with Gasteiger partial charge >= 0.3 is 0 Å². The first-order chi connectivity index (χ1) is 12.1. The molecule has 0 fully saturated rings. The lowest BCUT2D eigenvalue weighted by Crippen LogP contribution is -2.30. The van der Waals surface area contributed by atoms with Gasteiger partial charge in [-0.05, 0) is 42.5 Å². The molecule has 3 rings (SSSR count). The fourth-order valence-electron chi connectivity index (χ4n) is 2.59. The van der Waals surface area contributed by atoms with Crippen molar-refractivity contribution in [2.75, 3.05) is 11.4 Å². The van der Waals surface area contributed by atoms with Gasteiger partial charge in [-0.3, -0.25) is 4.79 Å². The smallest absolute Gasteiger partial charge is 0.157 e. The number of benzene rings is 2. The molecule has 0 atom stereocenters. The van der Waals surface area contributed by atoms with Crippen LogP contribution in [0.15, 0.2) is 83.2 Å². The van der Waals surface area contributed by atoms with Gasteiger partial charge in [-0.25, -0.2) is 0 Å². The van der Waals surface area contributed by atoms with Gasteiger partial charge in [-0.2, -0.15) is 0 Å². The Bertz CT molecular complexity index is 872. The Morgan fingerprint density at radius 1 is 1.20 bits per heavy atom. The van der Waals surface area contributed by atoms with Crippen LogP contribution in [-0.2, 0) is 9.53 Å². The Morgan fingerprint density at radius 2 is 1.96 bits per heavy atom. The Kier molecular flexibility index (Phi) is 5.41. The number of rotatable bonds is 4. The lowest BCUT2D eigenvalue weighted by Gasteiger charge is -2.33. The van der Waals surface area contributed by atoms with E-state index in [0.29, 0.717) is 23.1 Å². The van der Waals surface area contributed by atoms with E-state index in [0.717, 1.165) is 27.7 Å². The second kappa shape index (κ2) is 7.72. The van der Waals surface area contributed by atoms with Crippen LogP contribution < -0.4 is 4.90 Å². The number of hydrogen-bond donors (Lipinski definition) is 0. The SMILES string of the molecule is C=C1CN(c2cccc(Cl)c2)C(/C=C/C=O)=C(c2ccc(Br)cc2)O1. The number of nitrogens with zero attached hydrogens (tertiary/aromatic N) is 1. The lowest BCUT2D eigenvalue weighted by atomic mass is 10.1. The number of ether oxygens (including phenoxy) is 1. The molecular weight excluding hydrogens is 402 g/mol. The van der Waals surface area contributed by atoms with Crippen LogP contribution in [0.4, 0.5) is 5.69 Å². The van der Waals surface area contributed by atoms with Gasteiger partial charge in [-0.1, -0.05) is 52.3 Å². The number of carbonyl (C=O) groups is 1.